The summed E-state index contributed by atoms with van der Waals surface area (Å²) in [5, 5.41) is 12.1. The molecular formula is C16H14BrFN2. The Hall–Kier alpha value is -1.86. The van der Waals surface area contributed by atoms with Gasteiger partial charge in [0, 0.05) is 22.3 Å². The number of hydrogen-bond donors (Lipinski definition) is 1. The van der Waals surface area contributed by atoms with Crippen molar-refractivity contribution < 1.29 is 4.39 Å². The van der Waals surface area contributed by atoms with Crippen LogP contribution in [0.5, 0.6) is 0 Å². The highest BCUT2D eigenvalue weighted by Crippen LogP contribution is 2.22. The second-order valence-electron chi connectivity index (χ2n) is 4.40. The third-order valence-corrected chi connectivity index (χ3v) is 3.61. The third kappa shape index (κ3) is 3.17. The molecule has 0 fully saturated rings. The lowest BCUT2D eigenvalue weighted by atomic mass is 10.1. The van der Waals surface area contributed by atoms with Gasteiger partial charge in [-0.25, -0.2) is 4.39 Å². The normalized spacial score (nSPS) is 10.1. The molecule has 0 bridgehead atoms. The van der Waals surface area contributed by atoms with E-state index in [0.717, 1.165) is 22.1 Å². The molecular weight excluding hydrogens is 319 g/mol. The van der Waals surface area contributed by atoms with Gasteiger partial charge >= 0.3 is 0 Å². The van der Waals surface area contributed by atoms with Crippen molar-refractivity contribution >= 4 is 21.6 Å². The molecule has 102 valence electrons. The van der Waals surface area contributed by atoms with Gasteiger partial charge in [0.1, 0.15) is 11.9 Å². The summed E-state index contributed by atoms with van der Waals surface area (Å²) in [6.07, 6.45) is 0.891. The maximum atomic E-state index is 14.0. The number of hydrogen-bond acceptors (Lipinski definition) is 2. The van der Waals surface area contributed by atoms with Crippen LogP contribution in [0.1, 0.15) is 23.6 Å². The summed E-state index contributed by atoms with van der Waals surface area (Å²) in [5.41, 5.74) is 2.72. The number of benzene rings is 2. The lowest BCUT2D eigenvalue weighted by Gasteiger charge is -2.12. The first kappa shape index (κ1) is 14.5. The highest BCUT2D eigenvalue weighted by Gasteiger charge is 2.08. The summed E-state index contributed by atoms with van der Waals surface area (Å²) >= 11 is 3.44. The van der Waals surface area contributed by atoms with Gasteiger partial charge in [0.25, 0.3) is 0 Å². The van der Waals surface area contributed by atoms with E-state index in [-0.39, 0.29) is 5.56 Å². The minimum Gasteiger partial charge on any atom is -0.381 e. The summed E-state index contributed by atoms with van der Waals surface area (Å²) in [7, 11) is 0. The number of nitrogens with zero attached hydrogens (tertiary/aromatic N) is 1. The maximum Gasteiger partial charge on any atom is 0.145 e. The summed E-state index contributed by atoms with van der Waals surface area (Å²) in [5.74, 6) is -0.447. The molecule has 0 atom stereocenters. The number of halogens is 2. The van der Waals surface area contributed by atoms with Gasteiger partial charge in [-0.05, 0) is 36.2 Å². The molecule has 0 heterocycles. The van der Waals surface area contributed by atoms with Crippen molar-refractivity contribution in [3.8, 4) is 6.07 Å². The van der Waals surface area contributed by atoms with Crippen LogP contribution >= 0.6 is 15.9 Å². The van der Waals surface area contributed by atoms with Gasteiger partial charge in [0.05, 0.1) is 5.56 Å². The molecule has 0 radical (unpaired) electrons. The monoisotopic (exact) mass is 332 g/mol. The molecule has 0 aliphatic rings. The maximum absolute atomic E-state index is 14.0. The van der Waals surface area contributed by atoms with Crippen molar-refractivity contribution in [1.29, 1.82) is 5.26 Å². The minimum absolute atomic E-state index is 0.0795. The molecule has 0 aliphatic heterocycles. The summed E-state index contributed by atoms with van der Waals surface area (Å²) in [6.45, 7) is 2.43. The molecule has 0 amide bonds. The van der Waals surface area contributed by atoms with E-state index in [1.165, 1.54) is 6.07 Å². The van der Waals surface area contributed by atoms with E-state index in [9.17, 15) is 4.39 Å². The summed E-state index contributed by atoms with van der Waals surface area (Å²) < 4.78 is 15.0. The van der Waals surface area contributed by atoms with Crippen LogP contribution in [-0.4, -0.2) is 0 Å². The van der Waals surface area contributed by atoms with E-state index in [2.05, 4.69) is 28.2 Å². The van der Waals surface area contributed by atoms with Gasteiger partial charge in [-0.1, -0.05) is 35.0 Å². The predicted octanol–water partition coefficient (Wildman–Crippen LogP) is 4.63. The topological polar surface area (TPSA) is 35.8 Å². The van der Waals surface area contributed by atoms with Crippen LogP contribution in [0.4, 0.5) is 10.1 Å². The van der Waals surface area contributed by atoms with Gasteiger partial charge in [-0.2, -0.15) is 5.26 Å². The van der Waals surface area contributed by atoms with Crippen LogP contribution in [0.25, 0.3) is 0 Å². The van der Waals surface area contributed by atoms with Crippen LogP contribution in [-0.2, 0) is 13.0 Å². The average molecular weight is 333 g/mol. The zero-order chi connectivity index (χ0) is 14.5. The second-order valence-corrected chi connectivity index (χ2v) is 5.31. The molecule has 2 nitrogen and oxygen atoms in total. The Kier molecular flexibility index (Phi) is 4.75. The Morgan fingerprint density at radius 2 is 2.05 bits per heavy atom. The second kappa shape index (κ2) is 6.53. The lowest BCUT2D eigenvalue weighted by molar-refractivity contribution is 0.609. The lowest BCUT2D eigenvalue weighted by Crippen LogP contribution is -2.05. The predicted molar refractivity (Wildman–Crippen MR) is 82.0 cm³/mol. The van der Waals surface area contributed by atoms with Crippen LogP contribution in [0.2, 0.25) is 0 Å². The van der Waals surface area contributed by atoms with Gasteiger partial charge in [0.2, 0.25) is 0 Å². The Morgan fingerprint density at radius 1 is 1.25 bits per heavy atom. The highest BCUT2D eigenvalue weighted by atomic mass is 79.9. The van der Waals surface area contributed by atoms with Crippen LogP contribution < -0.4 is 5.32 Å². The zero-order valence-corrected chi connectivity index (χ0v) is 12.7. The van der Waals surface area contributed by atoms with Crippen LogP contribution in [0.3, 0.4) is 0 Å². The Bertz CT molecular complexity index is 662. The van der Waals surface area contributed by atoms with Gasteiger partial charge < -0.3 is 5.32 Å². The minimum atomic E-state index is -0.447. The van der Waals surface area contributed by atoms with Crippen LogP contribution in [0.15, 0.2) is 40.9 Å². The van der Waals surface area contributed by atoms with E-state index in [4.69, 9.17) is 5.26 Å². The van der Waals surface area contributed by atoms with Crippen molar-refractivity contribution in [3.05, 3.63) is 63.4 Å². The Morgan fingerprint density at radius 3 is 2.75 bits per heavy atom. The Balaban J connectivity index is 2.19. The number of nitriles is 1. The number of rotatable bonds is 4. The number of nitrogens with one attached hydrogen (secondary N) is 1. The largest absolute Gasteiger partial charge is 0.381 e. The van der Waals surface area contributed by atoms with Gasteiger partial charge in [-0.15, -0.1) is 0 Å². The molecule has 0 aromatic heterocycles. The van der Waals surface area contributed by atoms with Gasteiger partial charge in [-0.3, -0.25) is 0 Å². The van der Waals surface area contributed by atoms with E-state index < -0.39 is 5.82 Å². The molecule has 20 heavy (non-hydrogen) atoms. The first-order chi connectivity index (χ1) is 9.65. The molecule has 2 rings (SSSR count). The molecule has 0 saturated carbocycles. The standard InChI is InChI=1S/C16H14BrFN2/c1-2-11-8-14(17)6-7-15(11)20-10-13-5-3-4-12(9-19)16(13)18/h3-8,20H,2,10H2,1H3. The molecule has 1 N–H and O–H groups in total. The zero-order valence-electron chi connectivity index (χ0n) is 11.1. The average Bonchev–Trinajstić information content (AvgIpc) is 2.47. The van der Waals surface area contributed by atoms with E-state index >= 15 is 0 Å². The van der Waals surface area contributed by atoms with Crippen molar-refractivity contribution in [3.63, 3.8) is 0 Å². The first-order valence-corrected chi connectivity index (χ1v) is 7.14. The molecule has 0 unspecified atom stereocenters. The smallest absolute Gasteiger partial charge is 0.145 e. The van der Waals surface area contributed by atoms with Crippen molar-refractivity contribution in [1.82, 2.24) is 0 Å². The first-order valence-electron chi connectivity index (χ1n) is 6.35. The summed E-state index contributed by atoms with van der Waals surface area (Å²) in [4.78, 5) is 0. The quantitative estimate of drug-likeness (QED) is 0.885. The Labute approximate surface area is 126 Å². The molecule has 0 saturated heterocycles. The summed E-state index contributed by atoms with van der Waals surface area (Å²) in [6, 6.07) is 12.7. The highest BCUT2D eigenvalue weighted by molar-refractivity contribution is 9.10. The van der Waals surface area contributed by atoms with Crippen molar-refractivity contribution in [2.75, 3.05) is 5.32 Å². The molecule has 2 aromatic carbocycles. The fraction of sp³-hybridized carbons (Fsp3) is 0.188. The number of anilines is 1. The van der Waals surface area contributed by atoms with Gasteiger partial charge in [0.15, 0.2) is 0 Å². The molecule has 0 spiro atoms. The van der Waals surface area contributed by atoms with Crippen molar-refractivity contribution in [2.24, 2.45) is 0 Å². The van der Waals surface area contributed by atoms with E-state index in [1.807, 2.05) is 24.3 Å². The molecule has 2 aromatic rings. The SMILES string of the molecule is CCc1cc(Br)ccc1NCc1cccc(C#N)c1F. The van der Waals surface area contributed by atoms with Crippen LogP contribution in [0, 0.1) is 17.1 Å². The number of aryl methyl sites for hydroxylation is 1. The van der Waals surface area contributed by atoms with E-state index in [1.54, 1.807) is 12.1 Å². The molecule has 0 aliphatic carbocycles. The third-order valence-electron chi connectivity index (χ3n) is 3.12. The molecule has 4 heteroatoms. The van der Waals surface area contributed by atoms with Crippen molar-refractivity contribution in [2.45, 2.75) is 19.9 Å². The fourth-order valence-corrected chi connectivity index (χ4v) is 2.43. The fourth-order valence-electron chi connectivity index (χ4n) is 2.02. The van der Waals surface area contributed by atoms with E-state index in [0.29, 0.717) is 12.1 Å².